The first-order valence-electron chi connectivity index (χ1n) is 8.61. The number of likely N-dealkylation sites (tertiary alicyclic amines) is 1. The molecule has 0 atom stereocenters. The van der Waals surface area contributed by atoms with E-state index in [0.717, 1.165) is 25.2 Å². The number of benzene rings is 2. The highest BCUT2D eigenvalue weighted by Gasteiger charge is 2.47. The van der Waals surface area contributed by atoms with Crippen molar-refractivity contribution in [3.63, 3.8) is 0 Å². The summed E-state index contributed by atoms with van der Waals surface area (Å²) in [6, 6.07) is 16.4. The number of carbonyl (C=O) groups excluding carboxylic acids is 1. The Morgan fingerprint density at radius 1 is 1.00 bits per heavy atom. The first-order chi connectivity index (χ1) is 12.2. The van der Waals surface area contributed by atoms with Crippen LogP contribution in [0.15, 0.2) is 60.9 Å². The van der Waals surface area contributed by atoms with E-state index in [0.29, 0.717) is 18.4 Å². The Balaban J connectivity index is 1.42. The molecule has 0 aromatic heterocycles. The van der Waals surface area contributed by atoms with Gasteiger partial charge in [0, 0.05) is 32.5 Å². The van der Waals surface area contributed by atoms with Gasteiger partial charge in [0.25, 0.3) is 0 Å². The van der Waals surface area contributed by atoms with E-state index in [-0.39, 0.29) is 11.6 Å². The van der Waals surface area contributed by atoms with Crippen molar-refractivity contribution in [2.24, 2.45) is 0 Å². The highest BCUT2D eigenvalue weighted by Crippen LogP contribution is 2.38. The van der Waals surface area contributed by atoms with E-state index < -0.39 is 5.60 Å². The molecule has 4 rings (SSSR count). The fourth-order valence-corrected chi connectivity index (χ4v) is 3.61. The quantitative estimate of drug-likeness (QED) is 0.853. The molecule has 0 radical (unpaired) electrons. The maximum Gasteiger partial charge on any atom is 0.210 e. The van der Waals surface area contributed by atoms with Crippen LogP contribution in [0.2, 0.25) is 0 Å². The smallest absolute Gasteiger partial charge is 0.210 e. The summed E-state index contributed by atoms with van der Waals surface area (Å²) >= 11 is 0. The Labute approximate surface area is 146 Å². The number of hydrogen-bond acceptors (Lipinski definition) is 3. The van der Waals surface area contributed by atoms with E-state index in [1.807, 2.05) is 18.2 Å². The molecule has 4 heteroatoms. The molecule has 1 fully saturated rings. The van der Waals surface area contributed by atoms with E-state index >= 15 is 0 Å². The lowest BCUT2D eigenvalue weighted by Gasteiger charge is -2.37. The lowest BCUT2D eigenvalue weighted by molar-refractivity contribution is -0.133. The van der Waals surface area contributed by atoms with Crippen LogP contribution in [0.3, 0.4) is 0 Å². The minimum atomic E-state index is -0.739. The van der Waals surface area contributed by atoms with Gasteiger partial charge < -0.3 is 4.74 Å². The highest BCUT2D eigenvalue weighted by molar-refractivity contribution is 6.26. The van der Waals surface area contributed by atoms with Gasteiger partial charge in [0.15, 0.2) is 5.60 Å². The predicted molar refractivity (Wildman–Crippen MR) is 94.2 cm³/mol. The molecule has 1 spiro atoms. The Morgan fingerprint density at radius 2 is 1.68 bits per heavy atom. The molecule has 2 aromatic rings. The highest BCUT2D eigenvalue weighted by atomic mass is 19.1. The zero-order valence-electron chi connectivity index (χ0n) is 14.0. The average Bonchev–Trinajstić information content (AvgIpc) is 2.95. The van der Waals surface area contributed by atoms with Gasteiger partial charge >= 0.3 is 0 Å². The van der Waals surface area contributed by atoms with Gasteiger partial charge in [-0.25, -0.2) is 4.39 Å². The van der Waals surface area contributed by atoms with Crippen LogP contribution >= 0.6 is 0 Å². The monoisotopic (exact) mass is 337 g/mol. The number of hydrogen-bond donors (Lipinski definition) is 0. The van der Waals surface area contributed by atoms with Crippen molar-refractivity contribution in [2.45, 2.75) is 25.0 Å². The number of piperidine rings is 1. The van der Waals surface area contributed by atoms with Gasteiger partial charge in [0.2, 0.25) is 5.78 Å². The van der Waals surface area contributed by atoms with Crippen molar-refractivity contribution < 1.29 is 13.9 Å². The van der Waals surface area contributed by atoms with Gasteiger partial charge in [-0.05, 0) is 23.3 Å². The number of halogens is 1. The molecule has 3 nitrogen and oxygen atoms in total. The molecule has 25 heavy (non-hydrogen) atoms. The van der Waals surface area contributed by atoms with Gasteiger partial charge in [-0.15, -0.1) is 0 Å². The third kappa shape index (κ3) is 3.10. The Bertz CT molecular complexity index is 790. The van der Waals surface area contributed by atoms with Gasteiger partial charge in [0.1, 0.15) is 5.82 Å². The predicted octanol–water partition coefficient (Wildman–Crippen LogP) is 3.80. The fraction of sp³-hybridized carbons (Fsp3) is 0.286. The molecular formula is C21H20FNO2. The summed E-state index contributed by atoms with van der Waals surface area (Å²) in [6.07, 6.45) is 2.92. The van der Waals surface area contributed by atoms with Crippen LogP contribution in [0.5, 0.6) is 0 Å². The van der Waals surface area contributed by atoms with Crippen molar-refractivity contribution in [3.05, 3.63) is 77.8 Å². The lowest BCUT2D eigenvalue weighted by Crippen LogP contribution is -2.48. The summed E-state index contributed by atoms with van der Waals surface area (Å²) in [5.41, 5.74) is 1.81. The second kappa shape index (κ2) is 6.45. The van der Waals surface area contributed by atoms with Crippen LogP contribution in [0.25, 0.3) is 5.57 Å². The zero-order valence-corrected chi connectivity index (χ0v) is 14.0. The number of nitrogens with zero attached hydrogens (tertiary/aromatic N) is 1. The normalized spacial score (nSPS) is 19.7. The van der Waals surface area contributed by atoms with Gasteiger partial charge in [-0.3, -0.25) is 9.69 Å². The minimum Gasteiger partial charge on any atom is -0.486 e. The van der Waals surface area contributed by atoms with E-state index in [1.165, 1.54) is 17.7 Å². The Kier molecular flexibility index (Phi) is 4.14. The number of ether oxygens (including phenoxy) is 1. The van der Waals surface area contributed by atoms with Gasteiger partial charge in [-0.2, -0.15) is 0 Å². The summed E-state index contributed by atoms with van der Waals surface area (Å²) < 4.78 is 19.0. The number of ketones is 1. The van der Waals surface area contributed by atoms with E-state index in [1.54, 1.807) is 18.4 Å². The number of carbonyl (C=O) groups is 1. The fourth-order valence-electron chi connectivity index (χ4n) is 3.61. The van der Waals surface area contributed by atoms with Crippen LogP contribution in [-0.4, -0.2) is 29.4 Å². The third-order valence-corrected chi connectivity index (χ3v) is 5.13. The number of rotatable bonds is 3. The van der Waals surface area contributed by atoms with Crippen molar-refractivity contribution in [3.8, 4) is 0 Å². The molecule has 2 aromatic carbocycles. The standard InChI is InChI=1S/C21H20FNO2/c22-18-8-6-17(7-9-18)19-15-25-21(20(19)24)10-12-23(13-11-21)14-16-4-2-1-3-5-16/h1-9,15H,10-14H2. The van der Waals surface area contributed by atoms with Gasteiger partial charge in [0.05, 0.1) is 11.8 Å². The van der Waals surface area contributed by atoms with Crippen molar-refractivity contribution in [1.29, 1.82) is 0 Å². The largest absolute Gasteiger partial charge is 0.486 e. The Morgan fingerprint density at radius 3 is 2.36 bits per heavy atom. The second-order valence-electron chi connectivity index (χ2n) is 6.74. The summed E-state index contributed by atoms with van der Waals surface area (Å²) in [5, 5.41) is 0. The molecule has 1 saturated heterocycles. The molecule has 2 heterocycles. The van der Waals surface area contributed by atoms with Crippen LogP contribution in [0, 0.1) is 5.82 Å². The minimum absolute atomic E-state index is 0.0264. The molecular weight excluding hydrogens is 317 g/mol. The molecule has 128 valence electrons. The van der Waals surface area contributed by atoms with Crippen LogP contribution < -0.4 is 0 Å². The second-order valence-corrected chi connectivity index (χ2v) is 6.74. The maximum absolute atomic E-state index is 13.1. The van der Waals surface area contributed by atoms with Crippen molar-refractivity contribution >= 4 is 11.4 Å². The van der Waals surface area contributed by atoms with E-state index in [2.05, 4.69) is 17.0 Å². The summed E-state index contributed by atoms with van der Waals surface area (Å²) in [7, 11) is 0. The lowest BCUT2D eigenvalue weighted by atomic mass is 9.84. The van der Waals surface area contributed by atoms with Crippen molar-refractivity contribution in [2.75, 3.05) is 13.1 Å². The molecule has 0 aliphatic carbocycles. The zero-order chi connectivity index (χ0) is 17.3. The SMILES string of the molecule is O=C1C(c2ccc(F)cc2)=COC12CCN(Cc1ccccc1)CC2. The molecule has 0 N–H and O–H groups in total. The first-order valence-corrected chi connectivity index (χ1v) is 8.61. The third-order valence-electron chi connectivity index (χ3n) is 5.13. The topological polar surface area (TPSA) is 29.5 Å². The average molecular weight is 337 g/mol. The summed E-state index contributed by atoms with van der Waals surface area (Å²) in [4.78, 5) is 15.3. The molecule has 0 saturated carbocycles. The van der Waals surface area contributed by atoms with Crippen LogP contribution in [0.4, 0.5) is 4.39 Å². The molecule has 0 amide bonds. The van der Waals surface area contributed by atoms with Crippen LogP contribution in [-0.2, 0) is 16.1 Å². The van der Waals surface area contributed by atoms with Crippen molar-refractivity contribution in [1.82, 2.24) is 4.90 Å². The van der Waals surface area contributed by atoms with E-state index in [9.17, 15) is 9.18 Å². The maximum atomic E-state index is 13.1. The molecule has 0 unspecified atom stereocenters. The molecule has 0 bridgehead atoms. The molecule has 2 aliphatic rings. The number of Topliss-reactive ketones (excluding diaryl/α,β-unsaturated/α-hetero) is 1. The summed E-state index contributed by atoms with van der Waals surface area (Å²) in [5.74, 6) is -0.280. The first kappa shape index (κ1) is 16.0. The van der Waals surface area contributed by atoms with Gasteiger partial charge in [-0.1, -0.05) is 42.5 Å². The summed E-state index contributed by atoms with van der Waals surface area (Å²) in [6.45, 7) is 2.54. The molecule has 2 aliphatic heterocycles. The Hall–Kier alpha value is -2.46. The van der Waals surface area contributed by atoms with E-state index in [4.69, 9.17) is 4.74 Å². The van der Waals surface area contributed by atoms with Crippen LogP contribution in [0.1, 0.15) is 24.0 Å².